The van der Waals surface area contributed by atoms with Crippen LogP contribution in [0.25, 0.3) is 0 Å². The number of nitrogens with zero attached hydrogens (tertiary/aromatic N) is 3. The number of likely N-dealkylation sites (tertiary alicyclic amines) is 1. The van der Waals surface area contributed by atoms with Crippen molar-refractivity contribution in [2.75, 3.05) is 39.3 Å². The molecule has 0 spiro atoms. The first-order valence-corrected chi connectivity index (χ1v) is 7.75. The van der Waals surface area contributed by atoms with Gasteiger partial charge < -0.3 is 15.5 Å². The second-order valence-electron chi connectivity index (χ2n) is 5.73. The van der Waals surface area contributed by atoms with Gasteiger partial charge in [0.2, 0.25) is 0 Å². The van der Waals surface area contributed by atoms with Gasteiger partial charge in [0.15, 0.2) is 0 Å². The summed E-state index contributed by atoms with van der Waals surface area (Å²) >= 11 is 0. The van der Waals surface area contributed by atoms with E-state index in [2.05, 4.69) is 11.8 Å². The number of piperidine rings is 1. The molecule has 6 nitrogen and oxygen atoms in total. The summed E-state index contributed by atoms with van der Waals surface area (Å²) in [4.78, 5) is 18.6. The predicted molar refractivity (Wildman–Crippen MR) is 80.0 cm³/mol. The Balaban J connectivity index is 1.84. The van der Waals surface area contributed by atoms with Crippen molar-refractivity contribution < 1.29 is 4.79 Å². The zero-order valence-corrected chi connectivity index (χ0v) is 12.5. The second-order valence-corrected chi connectivity index (χ2v) is 5.73. The fourth-order valence-corrected chi connectivity index (χ4v) is 3.18. The van der Waals surface area contributed by atoms with Gasteiger partial charge in [-0.05, 0) is 25.7 Å². The van der Waals surface area contributed by atoms with Crippen LogP contribution in [-0.2, 0) is 0 Å². The molecule has 2 aliphatic rings. The van der Waals surface area contributed by atoms with E-state index in [1.165, 1.54) is 6.42 Å². The molecule has 20 heavy (non-hydrogen) atoms. The molecule has 2 heterocycles. The van der Waals surface area contributed by atoms with E-state index >= 15 is 0 Å². The van der Waals surface area contributed by atoms with Crippen LogP contribution < -0.4 is 5.73 Å². The molecule has 0 aromatic heterocycles. The highest BCUT2D eigenvalue weighted by Gasteiger charge is 2.29. The molecular formula is C14H27N5O. The number of urea groups is 1. The van der Waals surface area contributed by atoms with Gasteiger partial charge in [0.25, 0.3) is 0 Å². The first-order valence-electron chi connectivity index (χ1n) is 7.75. The van der Waals surface area contributed by atoms with E-state index in [-0.39, 0.29) is 17.9 Å². The zero-order chi connectivity index (χ0) is 14.5. The van der Waals surface area contributed by atoms with Gasteiger partial charge in [-0.25, -0.2) is 4.79 Å². The highest BCUT2D eigenvalue weighted by molar-refractivity contribution is 5.82. The van der Waals surface area contributed by atoms with E-state index in [9.17, 15) is 4.79 Å². The van der Waals surface area contributed by atoms with Gasteiger partial charge in [0, 0.05) is 39.3 Å². The van der Waals surface area contributed by atoms with Crippen molar-refractivity contribution in [2.24, 2.45) is 5.73 Å². The van der Waals surface area contributed by atoms with E-state index in [0.717, 1.165) is 58.5 Å². The van der Waals surface area contributed by atoms with Crippen LogP contribution in [0.4, 0.5) is 4.79 Å². The molecule has 0 bridgehead atoms. The lowest BCUT2D eigenvalue weighted by Gasteiger charge is -2.40. The van der Waals surface area contributed by atoms with Crippen LogP contribution in [0.1, 0.15) is 32.6 Å². The zero-order valence-electron chi connectivity index (χ0n) is 12.5. The third kappa shape index (κ3) is 3.42. The Morgan fingerprint density at radius 3 is 2.10 bits per heavy atom. The molecule has 2 fully saturated rings. The van der Waals surface area contributed by atoms with Gasteiger partial charge in [0.05, 0.1) is 6.04 Å². The number of carbonyl (C=O) groups excluding carboxylic acids is 1. The van der Waals surface area contributed by atoms with Gasteiger partial charge in [-0.2, -0.15) is 0 Å². The fourth-order valence-electron chi connectivity index (χ4n) is 3.18. The SMILES string of the molecule is CCC(C(=N)N)N1CCN(C(=O)N2CCCCC2)CC1. The number of carbonyl (C=O) groups is 1. The summed E-state index contributed by atoms with van der Waals surface area (Å²) in [7, 11) is 0. The molecule has 6 heteroatoms. The average molecular weight is 281 g/mol. The lowest BCUT2D eigenvalue weighted by Crippen LogP contribution is -2.57. The molecule has 1 unspecified atom stereocenters. The summed E-state index contributed by atoms with van der Waals surface area (Å²) in [6.07, 6.45) is 4.37. The molecule has 0 aromatic rings. The Labute approximate surface area is 121 Å². The summed E-state index contributed by atoms with van der Waals surface area (Å²) in [5.74, 6) is 0.239. The Kier molecular flexibility index (Phi) is 5.23. The van der Waals surface area contributed by atoms with Gasteiger partial charge >= 0.3 is 6.03 Å². The molecule has 2 aliphatic heterocycles. The summed E-state index contributed by atoms with van der Waals surface area (Å²) in [6, 6.07) is 0.225. The highest BCUT2D eigenvalue weighted by atomic mass is 16.2. The molecule has 2 rings (SSSR count). The maximum atomic E-state index is 12.4. The minimum Gasteiger partial charge on any atom is -0.386 e. The molecule has 0 aliphatic carbocycles. The third-order valence-corrected chi connectivity index (χ3v) is 4.40. The quantitative estimate of drug-likeness (QED) is 0.596. The maximum absolute atomic E-state index is 12.4. The first kappa shape index (κ1) is 15.1. The van der Waals surface area contributed by atoms with Gasteiger partial charge in [-0.1, -0.05) is 6.92 Å². The van der Waals surface area contributed by atoms with Crippen LogP contribution in [0.2, 0.25) is 0 Å². The number of amides is 2. The summed E-state index contributed by atoms with van der Waals surface area (Å²) in [5, 5.41) is 7.63. The molecule has 1 atom stereocenters. The minimum atomic E-state index is 0.0299. The second kappa shape index (κ2) is 6.92. The largest absolute Gasteiger partial charge is 0.386 e. The molecule has 114 valence electrons. The molecule has 2 amide bonds. The third-order valence-electron chi connectivity index (χ3n) is 4.40. The number of nitrogens with two attached hydrogens (primary N) is 1. The van der Waals surface area contributed by atoms with Crippen LogP contribution in [-0.4, -0.2) is 71.9 Å². The van der Waals surface area contributed by atoms with Crippen LogP contribution in [0.3, 0.4) is 0 Å². The fraction of sp³-hybridized carbons (Fsp3) is 0.857. The van der Waals surface area contributed by atoms with Gasteiger partial charge in [-0.3, -0.25) is 10.3 Å². The number of hydrogen-bond donors (Lipinski definition) is 2. The van der Waals surface area contributed by atoms with Crippen molar-refractivity contribution in [1.29, 1.82) is 5.41 Å². The first-order chi connectivity index (χ1) is 9.63. The number of hydrogen-bond acceptors (Lipinski definition) is 3. The monoisotopic (exact) mass is 281 g/mol. The molecular weight excluding hydrogens is 254 g/mol. The molecule has 0 aromatic carbocycles. The Hall–Kier alpha value is -1.30. The Bertz CT molecular complexity index is 345. The molecule has 3 N–H and O–H groups in total. The van der Waals surface area contributed by atoms with Gasteiger partial charge in [0.1, 0.15) is 5.84 Å². The van der Waals surface area contributed by atoms with E-state index in [1.54, 1.807) is 0 Å². The van der Waals surface area contributed by atoms with Gasteiger partial charge in [-0.15, -0.1) is 0 Å². The predicted octanol–water partition coefficient (Wildman–Crippen LogP) is 0.924. The number of nitrogens with one attached hydrogen (secondary N) is 1. The van der Waals surface area contributed by atoms with Crippen molar-refractivity contribution >= 4 is 11.9 Å². The summed E-state index contributed by atoms with van der Waals surface area (Å²) < 4.78 is 0. The molecule has 0 radical (unpaired) electrons. The maximum Gasteiger partial charge on any atom is 0.320 e. The minimum absolute atomic E-state index is 0.0299. The van der Waals surface area contributed by atoms with Crippen LogP contribution >= 0.6 is 0 Å². The molecule has 0 saturated carbocycles. The van der Waals surface area contributed by atoms with E-state index in [0.29, 0.717) is 0 Å². The lowest BCUT2D eigenvalue weighted by molar-refractivity contribution is 0.0988. The van der Waals surface area contributed by atoms with E-state index in [1.807, 2.05) is 9.80 Å². The lowest BCUT2D eigenvalue weighted by atomic mass is 10.1. The number of rotatable bonds is 3. The normalized spacial score (nSPS) is 22.6. The van der Waals surface area contributed by atoms with Crippen LogP contribution in [0.15, 0.2) is 0 Å². The smallest absolute Gasteiger partial charge is 0.320 e. The highest BCUT2D eigenvalue weighted by Crippen LogP contribution is 2.14. The van der Waals surface area contributed by atoms with Crippen LogP contribution in [0.5, 0.6) is 0 Å². The van der Waals surface area contributed by atoms with Crippen molar-refractivity contribution in [3.8, 4) is 0 Å². The Morgan fingerprint density at radius 2 is 1.60 bits per heavy atom. The standard InChI is InChI=1S/C14H27N5O/c1-2-12(13(15)16)17-8-10-19(11-9-17)14(20)18-6-4-3-5-7-18/h12H,2-11H2,1H3,(H3,15,16). The average Bonchev–Trinajstić information content (AvgIpc) is 2.48. The van der Waals surface area contributed by atoms with Crippen molar-refractivity contribution in [2.45, 2.75) is 38.6 Å². The number of piperazine rings is 1. The Morgan fingerprint density at radius 1 is 1.05 bits per heavy atom. The topological polar surface area (TPSA) is 76.7 Å². The van der Waals surface area contributed by atoms with Crippen molar-refractivity contribution in [1.82, 2.24) is 14.7 Å². The van der Waals surface area contributed by atoms with Crippen molar-refractivity contribution in [3.05, 3.63) is 0 Å². The van der Waals surface area contributed by atoms with Crippen LogP contribution in [0, 0.1) is 5.41 Å². The number of amidine groups is 1. The van der Waals surface area contributed by atoms with E-state index < -0.39 is 0 Å². The van der Waals surface area contributed by atoms with Crippen molar-refractivity contribution in [3.63, 3.8) is 0 Å². The summed E-state index contributed by atoms with van der Waals surface area (Å²) in [6.45, 7) is 7.00. The molecule has 2 saturated heterocycles. The van der Waals surface area contributed by atoms with E-state index in [4.69, 9.17) is 11.1 Å². The summed E-state index contributed by atoms with van der Waals surface area (Å²) in [5.41, 5.74) is 5.64.